The summed E-state index contributed by atoms with van der Waals surface area (Å²) < 4.78 is 0. The van der Waals surface area contributed by atoms with E-state index >= 15 is 0 Å². The van der Waals surface area contributed by atoms with E-state index in [1.807, 2.05) is 23.9 Å². The van der Waals surface area contributed by atoms with Crippen molar-refractivity contribution in [1.29, 1.82) is 0 Å². The molecule has 1 aliphatic carbocycles. The van der Waals surface area contributed by atoms with Crippen LogP contribution in [-0.2, 0) is 5.41 Å². The molecule has 56 heavy (non-hydrogen) atoms. The van der Waals surface area contributed by atoms with Crippen LogP contribution in [0.3, 0.4) is 0 Å². The smallest absolute Gasteiger partial charge is 0.160 e. The molecule has 1 aromatic heterocycles. The van der Waals surface area contributed by atoms with Crippen molar-refractivity contribution >= 4 is 44.2 Å². The van der Waals surface area contributed by atoms with E-state index < -0.39 is 5.41 Å². The molecule has 1 spiro atoms. The minimum Gasteiger partial charge on any atom is -0.228 e. The average molecular weight is 729 g/mol. The predicted octanol–water partition coefficient (Wildman–Crippen LogP) is 13.8. The molecule has 2 heterocycles. The Balaban J connectivity index is 1.06. The first-order chi connectivity index (χ1) is 27.8. The van der Waals surface area contributed by atoms with E-state index in [2.05, 4.69) is 182 Å². The Morgan fingerprint density at radius 2 is 0.929 bits per heavy atom. The van der Waals surface area contributed by atoms with E-state index in [-0.39, 0.29) is 0 Å². The maximum Gasteiger partial charge on any atom is 0.160 e. The van der Waals surface area contributed by atoms with Gasteiger partial charge in [0.2, 0.25) is 0 Å². The van der Waals surface area contributed by atoms with Crippen molar-refractivity contribution in [2.75, 3.05) is 0 Å². The highest BCUT2D eigenvalue weighted by atomic mass is 32.2. The number of para-hydroxylation sites is 1. The van der Waals surface area contributed by atoms with Crippen LogP contribution >= 0.6 is 11.8 Å². The maximum absolute atomic E-state index is 5.14. The number of nitrogens with zero attached hydrogens (tertiary/aromatic N) is 2. The first-order valence-corrected chi connectivity index (χ1v) is 20.0. The standard InChI is InChI=1S/C53H32N2S/c1-2-14-36(15-3-1)49-43-19-9-11-21-48(43)54-52(55-49)37-24-22-33(23-25-37)38-26-29-42-41-18-8-10-20-44(41)53(47(42)32-38)45-30-27-34-12-4-6-16-39(34)50(45)56-51-40-17-7-5-13-35(40)28-31-46(51)53/h1-32H. The molecule has 12 rings (SSSR count). The molecule has 260 valence electrons. The van der Waals surface area contributed by atoms with Crippen LogP contribution in [0, 0.1) is 0 Å². The van der Waals surface area contributed by atoms with Gasteiger partial charge in [-0.25, -0.2) is 9.97 Å². The van der Waals surface area contributed by atoms with Gasteiger partial charge in [-0.15, -0.1) is 0 Å². The monoisotopic (exact) mass is 728 g/mol. The van der Waals surface area contributed by atoms with Crippen LogP contribution in [-0.4, -0.2) is 9.97 Å². The molecule has 0 radical (unpaired) electrons. The zero-order valence-electron chi connectivity index (χ0n) is 30.3. The first kappa shape index (κ1) is 31.5. The third-order valence-electron chi connectivity index (χ3n) is 11.9. The zero-order chi connectivity index (χ0) is 36.8. The lowest BCUT2D eigenvalue weighted by Crippen LogP contribution is -2.32. The van der Waals surface area contributed by atoms with Crippen molar-refractivity contribution in [2.24, 2.45) is 0 Å². The second-order valence-electron chi connectivity index (χ2n) is 14.8. The van der Waals surface area contributed by atoms with Crippen molar-refractivity contribution in [3.8, 4) is 44.9 Å². The van der Waals surface area contributed by atoms with E-state index in [9.17, 15) is 0 Å². The molecule has 9 aromatic carbocycles. The molecule has 10 aromatic rings. The lowest BCUT2D eigenvalue weighted by Gasteiger charge is -2.40. The van der Waals surface area contributed by atoms with Crippen molar-refractivity contribution in [3.63, 3.8) is 0 Å². The predicted molar refractivity (Wildman–Crippen MR) is 232 cm³/mol. The number of rotatable bonds is 3. The van der Waals surface area contributed by atoms with Crippen molar-refractivity contribution < 1.29 is 0 Å². The van der Waals surface area contributed by atoms with Crippen LogP contribution in [0.1, 0.15) is 22.3 Å². The third kappa shape index (κ3) is 4.46. The van der Waals surface area contributed by atoms with Gasteiger partial charge in [-0.1, -0.05) is 194 Å². The van der Waals surface area contributed by atoms with Gasteiger partial charge in [-0.3, -0.25) is 0 Å². The van der Waals surface area contributed by atoms with Gasteiger partial charge in [-0.05, 0) is 78.2 Å². The topological polar surface area (TPSA) is 25.8 Å². The molecule has 0 N–H and O–H groups in total. The summed E-state index contributed by atoms with van der Waals surface area (Å²) in [4.78, 5) is 12.9. The number of benzene rings is 9. The molecule has 2 aliphatic rings. The minimum atomic E-state index is -0.487. The molecule has 0 bridgehead atoms. The Labute approximate surface area is 329 Å². The van der Waals surface area contributed by atoms with E-state index in [1.165, 1.54) is 70.3 Å². The summed E-state index contributed by atoms with van der Waals surface area (Å²) in [7, 11) is 0. The van der Waals surface area contributed by atoms with Crippen LogP contribution in [0.2, 0.25) is 0 Å². The van der Waals surface area contributed by atoms with Gasteiger partial charge < -0.3 is 0 Å². The average Bonchev–Trinajstić information content (AvgIpc) is 3.56. The van der Waals surface area contributed by atoms with Crippen LogP contribution in [0.5, 0.6) is 0 Å². The fraction of sp³-hybridized carbons (Fsp3) is 0.0189. The van der Waals surface area contributed by atoms with Crippen molar-refractivity contribution in [3.05, 3.63) is 216 Å². The summed E-state index contributed by atoms with van der Waals surface area (Å²) in [5.74, 6) is 0.727. The highest BCUT2D eigenvalue weighted by molar-refractivity contribution is 8.00. The summed E-state index contributed by atoms with van der Waals surface area (Å²) in [6, 6.07) is 70.9. The molecule has 0 atom stereocenters. The Morgan fingerprint density at radius 1 is 0.357 bits per heavy atom. The van der Waals surface area contributed by atoms with Gasteiger partial charge in [0, 0.05) is 26.3 Å². The zero-order valence-corrected chi connectivity index (χ0v) is 31.1. The van der Waals surface area contributed by atoms with Gasteiger partial charge in [0.15, 0.2) is 5.82 Å². The molecule has 0 saturated heterocycles. The second kappa shape index (κ2) is 12.1. The molecular formula is C53H32N2S. The fourth-order valence-corrected chi connectivity index (χ4v) is 10.9. The number of hydrogen-bond donors (Lipinski definition) is 0. The Hall–Kier alpha value is -6.81. The van der Waals surface area contributed by atoms with Crippen molar-refractivity contribution in [1.82, 2.24) is 9.97 Å². The summed E-state index contributed by atoms with van der Waals surface area (Å²) in [5, 5.41) is 6.19. The Kier molecular flexibility index (Phi) is 6.81. The minimum absolute atomic E-state index is 0.487. The summed E-state index contributed by atoms with van der Waals surface area (Å²) >= 11 is 1.94. The molecule has 3 heteroatoms. The van der Waals surface area contributed by atoms with Crippen LogP contribution in [0.25, 0.3) is 77.3 Å². The Morgan fingerprint density at radius 3 is 1.66 bits per heavy atom. The van der Waals surface area contributed by atoms with Gasteiger partial charge in [-0.2, -0.15) is 0 Å². The van der Waals surface area contributed by atoms with Crippen LogP contribution in [0.15, 0.2) is 204 Å². The SMILES string of the molecule is c1ccc(-c2nc(-c3ccc(-c4ccc5c(c4)C4(c6ccccc6-5)c5ccc6ccccc6c5Sc5c4ccc4ccccc54)cc3)nc3ccccc23)cc1. The highest BCUT2D eigenvalue weighted by Gasteiger charge is 2.51. The fourth-order valence-electron chi connectivity index (χ4n) is 9.42. The van der Waals surface area contributed by atoms with E-state index in [1.54, 1.807) is 0 Å². The molecular weight excluding hydrogens is 697 g/mol. The quantitative estimate of drug-likeness (QED) is 0.181. The summed E-state index contributed by atoms with van der Waals surface area (Å²) in [6.45, 7) is 0. The normalized spacial score (nSPS) is 13.4. The second-order valence-corrected chi connectivity index (χ2v) is 15.9. The number of fused-ring (bicyclic) bond motifs is 14. The maximum atomic E-state index is 5.14. The molecule has 1 aliphatic heterocycles. The molecule has 0 amide bonds. The molecule has 0 fully saturated rings. The summed E-state index contributed by atoms with van der Waals surface area (Å²) in [6.07, 6.45) is 0. The lowest BCUT2D eigenvalue weighted by molar-refractivity contribution is 0.729. The first-order valence-electron chi connectivity index (χ1n) is 19.2. The third-order valence-corrected chi connectivity index (χ3v) is 13.2. The molecule has 0 saturated carbocycles. The van der Waals surface area contributed by atoms with Gasteiger partial charge in [0.1, 0.15) is 0 Å². The van der Waals surface area contributed by atoms with Crippen LogP contribution < -0.4 is 0 Å². The molecule has 2 nitrogen and oxygen atoms in total. The van der Waals surface area contributed by atoms with Gasteiger partial charge in [0.05, 0.1) is 16.6 Å². The van der Waals surface area contributed by atoms with E-state index in [4.69, 9.17) is 9.97 Å². The molecule has 0 unspecified atom stereocenters. The van der Waals surface area contributed by atoms with Crippen LogP contribution in [0.4, 0.5) is 0 Å². The van der Waals surface area contributed by atoms with Crippen molar-refractivity contribution in [2.45, 2.75) is 15.2 Å². The highest BCUT2D eigenvalue weighted by Crippen LogP contribution is 2.64. The lowest BCUT2D eigenvalue weighted by atomic mass is 9.66. The summed E-state index contributed by atoms with van der Waals surface area (Å²) in [5.41, 5.74) is 13.8. The number of aromatic nitrogens is 2. The van der Waals surface area contributed by atoms with E-state index in [0.29, 0.717) is 0 Å². The Bertz CT molecular complexity index is 3140. The van der Waals surface area contributed by atoms with E-state index in [0.717, 1.165) is 39.1 Å². The largest absolute Gasteiger partial charge is 0.228 e. The number of hydrogen-bond acceptors (Lipinski definition) is 3. The van der Waals surface area contributed by atoms with Gasteiger partial charge in [0.25, 0.3) is 0 Å². The van der Waals surface area contributed by atoms with Gasteiger partial charge >= 0.3 is 0 Å².